The van der Waals surface area contributed by atoms with Crippen LogP contribution in [0.1, 0.15) is 11.1 Å². The number of halogens is 2. The summed E-state index contributed by atoms with van der Waals surface area (Å²) in [5, 5.41) is 3.75. The zero-order chi connectivity index (χ0) is 12.8. The number of hydrogen-bond donors (Lipinski definition) is 1. The summed E-state index contributed by atoms with van der Waals surface area (Å²) in [6.45, 7) is 1.49. The number of rotatable bonds is 5. The summed E-state index contributed by atoms with van der Waals surface area (Å²) >= 11 is 5.94. The fourth-order valence-corrected chi connectivity index (χ4v) is 1.90. The lowest BCUT2D eigenvalue weighted by Gasteiger charge is -2.06. The molecule has 0 spiro atoms. The Labute approximate surface area is 111 Å². The Balaban J connectivity index is 1.79. The molecule has 0 aliphatic carbocycles. The van der Waals surface area contributed by atoms with Crippen LogP contribution in [0.3, 0.4) is 0 Å². The number of aromatic nitrogens is 1. The van der Waals surface area contributed by atoms with E-state index < -0.39 is 0 Å². The van der Waals surface area contributed by atoms with E-state index in [1.807, 2.05) is 12.1 Å². The summed E-state index contributed by atoms with van der Waals surface area (Å²) in [5.74, 6) is -0.305. The third-order valence-electron chi connectivity index (χ3n) is 2.67. The van der Waals surface area contributed by atoms with Gasteiger partial charge in [-0.1, -0.05) is 17.7 Å². The molecule has 0 unspecified atom stereocenters. The largest absolute Gasteiger partial charge is 0.312 e. The second kappa shape index (κ2) is 6.47. The minimum Gasteiger partial charge on any atom is -0.312 e. The molecule has 1 heterocycles. The highest BCUT2D eigenvalue weighted by Gasteiger charge is 2.01. The minimum absolute atomic E-state index is 0.305. The summed E-state index contributed by atoms with van der Waals surface area (Å²) in [4.78, 5) is 3.97. The molecule has 2 aromatic rings. The molecule has 0 aliphatic heterocycles. The van der Waals surface area contributed by atoms with Crippen molar-refractivity contribution in [2.45, 2.75) is 13.0 Å². The first-order valence-corrected chi connectivity index (χ1v) is 6.17. The molecule has 0 fully saturated rings. The fourth-order valence-electron chi connectivity index (χ4n) is 1.67. The van der Waals surface area contributed by atoms with Gasteiger partial charge in [-0.15, -0.1) is 0 Å². The normalized spacial score (nSPS) is 10.6. The molecule has 0 atom stereocenters. The average molecular weight is 265 g/mol. The molecule has 2 nitrogen and oxygen atoms in total. The van der Waals surface area contributed by atoms with Gasteiger partial charge in [0.1, 0.15) is 5.82 Å². The zero-order valence-corrected chi connectivity index (χ0v) is 10.6. The third kappa shape index (κ3) is 3.79. The first-order chi connectivity index (χ1) is 8.75. The fraction of sp³-hybridized carbons (Fsp3) is 0.214. The molecule has 0 saturated carbocycles. The molecule has 1 aromatic heterocycles. The van der Waals surface area contributed by atoms with Crippen LogP contribution in [0.15, 0.2) is 42.7 Å². The van der Waals surface area contributed by atoms with Crippen LogP contribution in [0.4, 0.5) is 4.39 Å². The number of nitrogens with one attached hydrogen (secondary N) is 1. The smallest absolute Gasteiger partial charge is 0.124 e. The highest BCUT2D eigenvalue weighted by atomic mass is 35.5. The number of pyridine rings is 1. The Morgan fingerprint density at radius 1 is 1.17 bits per heavy atom. The van der Waals surface area contributed by atoms with Crippen LogP contribution in [0.2, 0.25) is 5.02 Å². The highest BCUT2D eigenvalue weighted by molar-refractivity contribution is 6.31. The lowest BCUT2D eigenvalue weighted by molar-refractivity contribution is 0.625. The lowest BCUT2D eigenvalue weighted by Crippen LogP contribution is -2.16. The van der Waals surface area contributed by atoms with Crippen LogP contribution < -0.4 is 5.32 Å². The van der Waals surface area contributed by atoms with Crippen LogP contribution in [-0.4, -0.2) is 11.5 Å². The molecule has 18 heavy (non-hydrogen) atoms. The number of benzene rings is 1. The van der Waals surface area contributed by atoms with Crippen molar-refractivity contribution in [3.05, 3.63) is 64.7 Å². The van der Waals surface area contributed by atoms with Crippen LogP contribution in [0.5, 0.6) is 0 Å². The molecule has 0 saturated heterocycles. The van der Waals surface area contributed by atoms with Crippen LogP contribution in [0, 0.1) is 5.82 Å². The third-order valence-corrected chi connectivity index (χ3v) is 3.02. The molecule has 1 N–H and O–H groups in total. The molecule has 2 rings (SSSR count). The molecule has 1 aromatic carbocycles. The van der Waals surface area contributed by atoms with Crippen molar-refractivity contribution >= 4 is 11.6 Å². The predicted molar refractivity (Wildman–Crippen MR) is 71.1 cm³/mol. The van der Waals surface area contributed by atoms with Crippen molar-refractivity contribution in [1.82, 2.24) is 10.3 Å². The van der Waals surface area contributed by atoms with Crippen molar-refractivity contribution in [1.29, 1.82) is 0 Å². The van der Waals surface area contributed by atoms with Gasteiger partial charge in [0.2, 0.25) is 0 Å². The van der Waals surface area contributed by atoms with E-state index in [9.17, 15) is 4.39 Å². The maximum Gasteiger partial charge on any atom is 0.124 e. The highest BCUT2D eigenvalue weighted by Crippen LogP contribution is 2.16. The molecule has 0 amide bonds. The standard InChI is InChI=1S/C14H14ClFN2/c15-14-9-13(16)2-1-12(14)10-18-8-5-11-3-6-17-7-4-11/h1-4,6-7,9,18H,5,8,10H2. The van der Waals surface area contributed by atoms with Crippen molar-refractivity contribution in [2.24, 2.45) is 0 Å². The molecule has 4 heteroatoms. The molecule has 0 bridgehead atoms. The summed E-state index contributed by atoms with van der Waals surface area (Å²) in [5.41, 5.74) is 2.15. The van der Waals surface area contributed by atoms with Gasteiger partial charge in [-0.2, -0.15) is 0 Å². The van der Waals surface area contributed by atoms with E-state index in [-0.39, 0.29) is 5.82 Å². The van der Waals surface area contributed by atoms with E-state index >= 15 is 0 Å². The second-order valence-corrected chi connectivity index (χ2v) is 4.43. The van der Waals surface area contributed by atoms with E-state index in [2.05, 4.69) is 10.3 Å². The Morgan fingerprint density at radius 3 is 2.67 bits per heavy atom. The van der Waals surface area contributed by atoms with E-state index in [0.717, 1.165) is 18.5 Å². The second-order valence-electron chi connectivity index (χ2n) is 4.02. The van der Waals surface area contributed by atoms with Gasteiger partial charge in [-0.25, -0.2) is 4.39 Å². The number of hydrogen-bond acceptors (Lipinski definition) is 2. The first kappa shape index (κ1) is 13.0. The van der Waals surface area contributed by atoms with Crippen LogP contribution in [0.25, 0.3) is 0 Å². The quantitative estimate of drug-likeness (QED) is 0.839. The van der Waals surface area contributed by atoms with Crippen molar-refractivity contribution in [2.75, 3.05) is 6.54 Å². The topological polar surface area (TPSA) is 24.9 Å². The Kier molecular flexibility index (Phi) is 4.67. The summed E-state index contributed by atoms with van der Waals surface area (Å²) in [7, 11) is 0. The Bertz CT molecular complexity index is 502. The molecular weight excluding hydrogens is 251 g/mol. The van der Waals surface area contributed by atoms with Crippen molar-refractivity contribution in [3.63, 3.8) is 0 Å². The van der Waals surface area contributed by atoms with Gasteiger partial charge in [0, 0.05) is 24.0 Å². The van der Waals surface area contributed by atoms with E-state index in [1.165, 1.54) is 17.7 Å². The van der Waals surface area contributed by atoms with Gasteiger partial charge in [0.05, 0.1) is 0 Å². The predicted octanol–water partition coefficient (Wildman–Crippen LogP) is 3.21. The lowest BCUT2D eigenvalue weighted by atomic mass is 10.2. The SMILES string of the molecule is Fc1ccc(CNCCc2ccncc2)c(Cl)c1. The number of nitrogens with zero attached hydrogens (tertiary/aromatic N) is 1. The summed E-state index contributed by atoms with van der Waals surface area (Å²) < 4.78 is 12.8. The van der Waals surface area contributed by atoms with E-state index in [1.54, 1.807) is 18.5 Å². The first-order valence-electron chi connectivity index (χ1n) is 5.79. The average Bonchev–Trinajstić information content (AvgIpc) is 2.38. The monoisotopic (exact) mass is 264 g/mol. The maximum atomic E-state index is 12.8. The van der Waals surface area contributed by atoms with E-state index in [0.29, 0.717) is 11.6 Å². The van der Waals surface area contributed by atoms with Gasteiger partial charge in [0.25, 0.3) is 0 Å². The van der Waals surface area contributed by atoms with Crippen molar-refractivity contribution in [3.8, 4) is 0 Å². The van der Waals surface area contributed by atoms with Gasteiger partial charge < -0.3 is 5.32 Å². The van der Waals surface area contributed by atoms with Crippen LogP contribution >= 0.6 is 11.6 Å². The van der Waals surface area contributed by atoms with Crippen LogP contribution in [-0.2, 0) is 13.0 Å². The Hall–Kier alpha value is -1.45. The van der Waals surface area contributed by atoms with Gasteiger partial charge >= 0.3 is 0 Å². The molecular formula is C14H14ClFN2. The maximum absolute atomic E-state index is 12.8. The van der Waals surface area contributed by atoms with Gasteiger partial charge in [-0.05, 0) is 48.4 Å². The minimum atomic E-state index is -0.305. The molecule has 0 radical (unpaired) electrons. The van der Waals surface area contributed by atoms with Gasteiger partial charge in [-0.3, -0.25) is 4.98 Å². The van der Waals surface area contributed by atoms with Gasteiger partial charge in [0.15, 0.2) is 0 Å². The van der Waals surface area contributed by atoms with E-state index in [4.69, 9.17) is 11.6 Å². The van der Waals surface area contributed by atoms with Crippen molar-refractivity contribution < 1.29 is 4.39 Å². The Morgan fingerprint density at radius 2 is 1.94 bits per heavy atom. The zero-order valence-electron chi connectivity index (χ0n) is 9.87. The summed E-state index contributed by atoms with van der Waals surface area (Å²) in [6.07, 6.45) is 4.50. The molecule has 0 aliphatic rings. The summed E-state index contributed by atoms with van der Waals surface area (Å²) in [6, 6.07) is 8.45. The molecule has 94 valence electrons.